The Kier molecular flexibility index (Phi) is 1.39. The van der Waals surface area contributed by atoms with Crippen molar-refractivity contribution in [3.8, 4) is 0 Å². The van der Waals surface area contributed by atoms with Crippen molar-refractivity contribution in [2.24, 2.45) is 5.73 Å². The van der Waals surface area contributed by atoms with Crippen molar-refractivity contribution in [1.82, 2.24) is 0 Å². The predicted molar refractivity (Wildman–Crippen MR) is 36.8 cm³/mol. The summed E-state index contributed by atoms with van der Waals surface area (Å²) in [7, 11) is -0.726. The zero-order valence-corrected chi connectivity index (χ0v) is 5.14. The van der Waals surface area contributed by atoms with E-state index >= 15 is 0 Å². The molecule has 0 saturated carbocycles. The predicted octanol–water partition coefficient (Wildman–Crippen LogP) is 1.11. The summed E-state index contributed by atoms with van der Waals surface area (Å²) in [6.45, 7) is 0. The van der Waals surface area contributed by atoms with Gasteiger partial charge < -0.3 is 5.73 Å². The molecule has 0 aromatic carbocycles. The molecule has 0 radical (unpaired) electrons. The average Bonchev–Trinajstić information content (AvgIpc) is 2.12. The fraction of sp³-hybridized carbons (Fsp3) is 0. The highest BCUT2D eigenvalue weighted by Gasteiger charge is 2.02. The number of carbonyl (C=O) groups is 1. The quantitative estimate of drug-likeness (QED) is 0.473. The highest BCUT2D eigenvalue weighted by atomic mass is 32.2. The molecule has 0 aromatic heterocycles. The number of allylic oxidation sites excluding steroid dienone is 2. The molecule has 0 atom stereocenters. The maximum absolute atomic E-state index is 10.4. The second-order valence-corrected chi connectivity index (χ2v) is 3.28. The normalized spacial score (nSPS) is 19.8. The Morgan fingerprint density at radius 1 is 1.38 bits per heavy atom. The number of hydrogen-bond donors (Lipinski definition) is 2. The molecule has 0 fully saturated rings. The SMILES string of the molecule is NC(=O)[SH]1C=CC=C1. The first-order valence-corrected chi connectivity index (χ1v) is 3.71. The van der Waals surface area contributed by atoms with Crippen LogP contribution >= 0.6 is 10.9 Å². The minimum atomic E-state index is -0.726. The van der Waals surface area contributed by atoms with Crippen LogP contribution in [0.3, 0.4) is 0 Å². The van der Waals surface area contributed by atoms with E-state index in [4.69, 9.17) is 5.73 Å². The van der Waals surface area contributed by atoms with Crippen molar-refractivity contribution in [3.63, 3.8) is 0 Å². The van der Waals surface area contributed by atoms with Crippen molar-refractivity contribution in [2.45, 2.75) is 0 Å². The molecule has 2 nitrogen and oxygen atoms in total. The van der Waals surface area contributed by atoms with Crippen LogP contribution in [0.5, 0.6) is 0 Å². The lowest BCUT2D eigenvalue weighted by molar-refractivity contribution is 0.267. The van der Waals surface area contributed by atoms with Gasteiger partial charge in [-0.2, -0.15) is 0 Å². The van der Waals surface area contributed by atoms with Crippen molar-refractivity contribution < 1.29 is 4.79 Å². The molecule has 1 aliphatic rings. The monoisotopic (exact) mass is 129 g/mol. The second kappa shape index (κ2) is 2.05. The van der Waals surface area contributed by atoms with Crippen molar-refractivity contribution in [3.05, 3.63) is 23.0 Å². The van der Waals surface area contributed by atoms with Crippen LogP contribution in [0.4, 0.5) is 4.79 Å². The number of hydrogen-bond acceptors (Lipinski definition) is 1. The molecule has 44 valence electrons. The minimum absolute atomic E-state index is 0.218. The van der Waals surface area contributed by atoms with Gasteiger partial charge in [0, 0.05) is 0 Å². The van der Waals surface area contributed by atoms with Gasteiger partial charge in [0.2, 0.25) is 0 Å². The molecule has 8 heavy (non-hydrogen) atoms. The van der Waals surface area contributed by atoms with Gasteiger partial charge in [-0.3, -0.25) is 4.79 Å². The van der Waals surface area contributed by atoms with Crippen LogP contribution in [0, 0.1) is 0 Å². The zero-order chi connectivity index (χ0) is 5.98. The Balaban J connectivity index is 2.62. The molecule has 0 unspecified atom stereocenters. The third-order valence-electron chi connectivity index (χ3n) is 0.859. The molecule has 0 bridgehead atoms. The Bertz CT molecular complexity index is 150. The molecule has 1 heterocycles. The standard InChI is InChI=1S/C5H7NOS/c6-5(7)8-3-1-2-4-8/h1-4,8H,(H2,6,7). The lowest BCUT2D eigenvalue weighted by Crippen LogP contribution is -2.04. The Morgan fingerprint density at radius 3 is 2.12 bits per heavy atom. The third kappa shape index (κ3) is 0.924. The molecule has 0 saturated heterocycles. The fourth-order valence-electron chi connectivity index (χ4n) is 0.481. The summed E-state index contributed by atoms with van der Waals surface area (Å²) < 4.78 is 0. The molecule has 0 aliphatic carbocycles. The van der Waals surface area contributed by atoms with Gasteiger partial charge in [-0.25, -0.2) is 0 Å². The Hall–Kier alpha value is -0.700. The van der Waals surface area contributed by atoms with Gasteiger partial charge in [0.05, 0.1) is 0 Å². The van der Waals surface area contributed by atoms with E-state index in [9.17, 15) is 4.79 Å². The topological polar surface area (TPSA) is 43.1 Å². The number of primary amides is 1. The summed E-state index contributed by atoms with van der Waals surface area (Å²) in [4.78, 5) is 10.4. The second-order valence-electron chi connectivity index (χ2n) is 1.43. The van der Waals surface area contributed by atoms with Crippen LogP contribution in [-0.4, -0.2) is 5.24 Å². The number of carbonyl (C=O) groups excluding carboxylic acids is 1. The van der Waals surface area contributed by atoms with E-state index in [-0.39, 0.29) is 5.24 Å². The van der Waals surface area contributed by atoms with E-state index in [1.807, 2.05) is 23.0 Å². The first-order chi connectivity index (χ1) is 3.80. The lowest BCUT2D eigenvalue weighted by atomic mass is 10.6. The molecule has 1 rings (SSSR count). The van der Waals surface area contributed by atoms with E-state index < -0.39 is 10.9 Å². The van der Waals surface area contributed by atoms with Crippen LogP contribution in [0.1, 0.15) is 0 Å². The summed E-state index contributed by atoms with van der Waals surface area (Å²) in [5.41, 5.74) is 4.99. The zero-order valence-electron chi connectivity index (χ0n) is 4.24. The number of nitrogens with two attached hydrogens (primary N) is 1. The molecule has 2 N–H and O–H groups in total. The third-order valence-corrected chi connectivity index (χ3v) is 2.35. The lowest BCUT2D eigenvalue weighted by Gasteiger charge is -1.99. The van der Waals surface area contributed by atoms with E-state index in [0.717, 1.165) is 0 Å². The highest BCUT2D eigenvalue weighted by molar-refractivity contribution is 8.34. The maximum atomic E-state index is 10.4. The van der Waals surface area contributed by atoms with Crippen LogP contribution in [-0.2, 0) is 0 Å². The van der Waals surface area contributed by atoms with Gasteiger partial charge in [0.25, 0.3) is 5.24 Å². The smallest absolute Gasteiger partial charge is 0.263 e. The first kappa shape index (κ1) is 5.44. The van der Waals surface area contributed by atoms with Crippen LogP contribution < -0.4 is 5.73 Å². The number of thiol groups is 1. The molecule has 1 aliphatic heterocycles. The first-order valence-electron chi connectivity index (χ1n) is 2.23. The minimum Gasteiger partial charge on any atom is -0.361 e. The maximum Gasteiger partial charge on any atom is 0.263 e. The number of rotatable bonds is 0. The van der Waals surface area contributed by atoms with E-state index in [1.165, 1.54) is 0 Å². The molecule has 0 spiro atoms. The molecule has 0 aromatic rings. The summed E-state index contributed by atoms with van der Waals surface area (Å²) in [6, 6.07) is 0. The van der Waals surface area contributed by atoms with Gasteiger partial charge in [-0.05, 0) is 10.8 Å². The van der Waals surface area contributed by atoms with Crippen LogP contribution in [0.2, 0.25) is 0 Å². The van der Waals surface area contributed by atoms with Crippen molar-refractivity contribution >= 4 is 16.1 Å². The summed E-state index contributed by atoms with van der Waals surface area (Å²) in [5.74, 6) is 0. The molecular formula is C5H7NOS. The van der Waals surface area contributed by atoms with Gasteiger partial charge in [-0.15, -0.1) is 10.9 Å². The van der Waals surface area contributed by atoms with E-state index in [1.54, 1.807) is 0 Å². The Morgan fingerprint density at radius 2 is 1.88 bits per heavy atom. The molecular weight excluding hydrogens is 122 g/mol. The highest BCUT2D eigenvalue weighted by Crippen LogP contribution is 2.31. The number of amides is 1. The summed E-state index contributed by atoms with van der Waals surface area (Å²) >= 11 is 0. The summed E-state index contributed by atoms with van der Waals surface area (Å²) in [5, 5.41) is 3.44. The van der Waals surface area contributed by atoms with Crippen molar-refractivity contribution in [1.29, 1.82) is 0 Å². The summed E-state index contributed by atoms with van der Waals surface area (Å²) in [6.07, 6.45) is 3.69. The largest absolute Gasteiger partial charge is 0.361 e. The van der Waals surface area contributed by atoms with Gasteiger partial charge >= 0.3 is 0 Å². The van der Waals surface area contributed by atoms with Gasteiger partial charge in [0.15, 0.2) is 0 Å². The van der Waals surface area contributed by atoms with Gasteiger partial charge in [-0.1, -0.05) is 12.2 Å². The molecule has 3 heteroatoms. The van der Waals surface area contributed by atoms with Crippen LogP contribution in [0.15, 0.2) is 23.0 Å². The van der Waals surface area contributed by atoms with Crippen molar-refractivity contribution in [2.75, 3.05) is 0 Å². The van der Waals surface area contributed by atoms with Crippen LogP contribution in [0.25, 0.3) is 0 Å². The Labute approximate surface area is 50.4 Å². The average molecular weight is 129 g/mol. The van der Waals surface area contributed by atoms with E-state index in [2.05, 4.69) is 0 Å². The fourth-order valence-corrected chi connectivity index (χ4v) is 1.44. The molecule has 1 amide bonds. The van der Waals surface area contributed by atoms with Gasteiger partial charge in [0.1, 0.15) is 0 Å². The van der Waals surface area contributed by atoms with E-state index in [0.29, 0.717) is 0 Å².